The maximum Gasteiger partial charge on any atom is 0.339 e. The highest BCUT2D eigenvalue weighted by Gasteiger charge is 2.19. The summed E-state index contributed by atoms with van der Waals surface area (Å²) in [5.41, 5.74) is 1.59. The second kappa shape index (κ2) is 5.60. The fraction of sp³-hybridized carbons (Fsp3) is 0.0526. The van der Waals surface area contributed by atoms with Crippen molar-refractivity contribution in [2.75, 3.05) is 0 Å². The van der Waals surface area contributed by atoms with Gasteiger partial charge in [-0.25, -0.2) is 4.39 Å². The average Bonchev–Trinajstić information content (AvgIpc) is 2.95. The predicted octanol–water partition coefficient (Wildman–Crippen LogP) is 4.80. The average molecular weight is 356 g/mol. The molecule has 0 saturated heterocycles. The first-order chi connectivity index (χ1) is 11.9. The number of aryl methyl sites for hydroxylation is 1. The molecule has 4 aromatic rings. The van der Waals surface area contributed by atoms with Gasteiger partial charge in [-0.1, -0.05) is 18.2 Å². The molecule has 25 heavy (non-hydrogen) atoms. The van der Waals surface area contributed by atoms with Crippen molar-refractivity contribution >= 4 is 32.1 Å². The highest BCUT2D eigenvalue weighted by molar-refractivity contribution is 7.87. The Morgan fingerprint density at radius 2 is 1.68 bits per heavy atom. The highest BCUT2D eigenvalue weighted by Crippen LogP contribution is 2.32. The molecule has 1 heterocycles. The zero-order valence-corrected chi connectivity index (χ0v) is 14.0. The van der Waals surface area contributed by atoms with Gasteiger partial charge in [-0.15, -0.1) is 0 Å². The molecule has 0 aliphatic carbocycles. The van der Waals surface area contributed by atoms with Crippen molar-refractivity contribution in [3.8, 4) is 5.75 Å². The van der Waals surface area contributed by atoms with E-state index in [0.29, 0.717) is 11.2 Å². The molecule has 0 aliphatic rings. The van der Waals surface area contributed by atoms with Crippen LogP contribution in [-0.4, -0.2) is 8.42 Å². The number of halogens is 1. The van der Waals surface area contributed by atoms with Gasteiger partial charge in [0.15, 0.2) is 0 Å². The summed E-state index contributed by atoms with van der Waals surface area (Å²) in [6.07, 6.45) is 0. The fourth-order valence-corrected chi connectivity index (χ4v) is 3.71. The zero-order chi connectivity index (χ0) is 17.6. The van der Waals surface area contributed by atoms with E-state index in [-0.39, 0.29) is 16.2 Å². The number of benzene rings is 3. The minimum atomic E-state index is -4.05. The number of rotatable bonds is 3. The molecule has 0 unspecified atom stereocenters. The van der Waals surface area contributed by atoms with E-state index in [1.165, 1.54) is 25.1 Å². The molecule has 0 atom stereocenters. The van der Waals surface area contributed by atoms with Crippen LogP contribution in [0.1, 0.15) is 5.56 Å². The van der Waals surface area contributed by atoms with Crippen LogP contribution in [0.5, 0.6) is 5.75 Å². The summed E-state index contributed by atoms with van der Waals surface area (Å²) in [5, 5.41) is 1.64. The minimum Gasteiger partial charge on any atom is -0.456 e. The highest BCUT2D eigenvalue weighted by atomic mass is 32.2. The molecular formula is C19H13FO4S. The van der Waals surface area contributed by atoms with Gasteiger partial charge in [-0.3, -0.25) is 0 Å². The van der Waals surface area contributed by atoms with Crippen molar-refractivity contribution in [2.45, 2.75) is 11.8 Å². The van der Waals surface area contributed by atoms with Crippen molar-refractivity contribution in [1.82, 2.24) is 0 Å². The van der Waals surface area contributed by atoms with Crippen LogP contribution in [0.25, 0.3) is 21.9 Å². The third-order valence-corrected chi connectivity index (χ3v) is 5.22. The van der Waals surface area contributed by atoms with E-state index in [2.05, 4.69) is 0 Å². The van der Waals surface area contributed by atoms with Crippen LogP contribution in [0.4, 0.5) is 4.39 Å². The Morgan fingerprint density at radius 3 is 2.48 bits per heavy atom. The maximum absolute atomic E-state index is 13.4. The summed E-state index contributed by atoms with van der Waals surface area (Å²) in [6.45, 7) is 1.50. The number of para-hydroxylation sites is 1. The van der Waals surface area contributed by atoms with Crippen LogP contribution in [0.15, 0.2) is 70.0 Å². The smallest absolute Gasteiger partial charge is 0.339 e. The molecule has 0 fully saturated rings. The van der Waals surface area contributed by atoms with Gasteiger partial charge in [0.05, 0.1) is 0 Å². The molecule has 0 radical (unpaired) electrons. The van der Waals surface area contributed by atoms with Gasteiger partial charge in [-0.05, 0) is 55.0 Å². The minimum absolute atomic E-state index is 0.0939. The lowest BCUT2D eigenvalue weighted by atomic mass is 10.1. The van der Waals surface area contributed by atoms with Gasteiger partial charge in [0.25, 0.3) is 0 Å². The van der Waals surface area contributed by atoms with Crippen molar-refractivity contribution in [3.63, 3.8) is 0 Å². The summed E-state index contributed by atoms with van der Waals surface area (Å²) in [7, 11) is -4.05. The van der Waals surface area contributed by atoms with Gasteiger partial charge >= 0.3 is 10.1 Å². The molecule has 6 heteroatoms. The van der Waals surface area contributed by atoms with Crippen LogP contribution in [0.3, 0.4) is 0 Å². The first-order valence-electron chi connectivity index (χ1n) is 7.56. The van der Waals surface area contributed by atoms with E-state index in [0.717, 1.165) is 16.8 Å². The van der Waals surface area contributed by atoms with E-state index in [1.54, 1.807) is 12.1 Å². The molecule has 4 nitrogen and oxygen atoms in total. The second-order valence-electron chi connectivity index (χ2n) is 5.70. The van der Waals surface area contributed by atoms with Gasteiger partial charge in [-0.2, -0.15) is 8.42 Å². The molecule has 0 spiro atoms. The van der Waals surface area contributed by atoms with Gasteiger partial charge in [0.2, 0.25) is 0 Å². The van der Waals surface area contributed by atoms with E-state index in [9.17, 15) is 12.8 Å². The number of fused-ring (bicyclic) bond motifs is 3. The Labute approximate surface area is 143 Å². The zero-order valence-electron chi connectivity index (χ0n) is 13.2. The standard InChI is InChI=1S/C19H13FO4S/c1-12-10-14(7-8-17(12)20)25(21,22)24-13-6-9-19-16(11-13)15-4-2-3-5-18(15)23-19/h2-11H,1H3. The lowest BCUT2D eigenvalue weighted by molar-refractivity contribution is 0.486. The molecule has 1 aromatic heterocycles. The third kappa shape index (κ3) is 2.74. The van der Waals surface area contributed by atoms with E-state index < -0.39 is 15.9 Å². The summed E-state index contributed by atoms with van der Waals surface area (Å²) in [4.78, 5) is -0.0939. The van der Waals surface area contributed by atoms with Gasteiger partial charge in [0.1, 0.15) is 27.6 Å². The van der Waals surface area contributed by atoms with Crippen molar-refractivity contribution in [2.24, 2.45) is 0 Å². The fourth-order valence-electron chi connectivity index (χ4n) is 2.70. The summed E-state index contributed by atoms with van der Waals surface area (Å²) in [5.74, 6) is -0.300. The Bertz CT molecular complexity index is 1210. The predicted molar refractivity (Wildman–Crippen MR) is 92.7 cm³/mol. The molecular weight excluding hydrogens is 343 g/mol. The van der Waals surface area contributed by atoms with Crippen LogP contribution in [0.2, 0.25) is 0 Å². The van der Waals surface area contributed by atoms with Crippen molar-refractivity contribution in [1.29, 1.82) is 0 Å². The molecule has 0 saturated carbocycles. The van der Waals surface area contributed by atoms with Crippen molar-refractivity contribution < 1.29 is 21.4 Å². The molecule has 3 aromatic carbocycles. The van der Waals surface area contributed by atoms with Crippen LogP contribution in [-0.2, 0) is 10.1 Å². The first kappa shape index (κ1) is 15.7. The monoisotopic (exact) mass is 356 g/mol. The molecule has 4 rings (SSSR count). The van der Waals surface area contributed by atoms with E-state index >= 15 is 0 Å². The van der Waals surface area contributed by atoms with Gasteiger partial charge < -0.3 is 8.60 Å². The molecule has 0 amide bonds. The van der Waals surface area contributed by atoms with Crippen LogP contribution in [0, 0.1) is 12.7 Å². The largest absolute Gasteiger partial charge is 0.456 e. The van der Waals surface area contributed by atoms with E-state index in [1.807, 2.05) is 24.3 Å². The maximum atomic E-state index is 13.4. The Hall–Kier alpha value is -2.86. The number of furan rings is 1. The quantitative estimate of drug-likeness (QED) is 0.495. The molecule has 0 N–H and O–H groups in total. The normalized spacial score (nSPS) is 11.9. The SMILES string of the molecule is Cc1cc(S(=O)(=O)Oc2ccc3oc4ccccc4c3c2)ccc1F. The lowest BCUT2D eigenvalue weighted by Crippen LogP contribution is -2.10. The Balaban J connectivity index is 1.76. The number of hydrogen-bond donors (Lipinski definition) is 0. The van der Waals surface area contributed by atoms with Crippen LogP contribution >= 0.6 is 0 Å². The topological polar surface area (TPSA) is 56.5 Å². The van der Waals surface area contributed by atoms with Crippen LogP contribution < -0.4 is 4.18 Å². The second-order valence-corrected chi connectivity index (χ2v) is 7.25. The summed E-state index contributed by atoms with van der Waals surface area (Å²) >= 11 is 0. The molecule has 126 valence electrons. The lowest BCUT2D eigenvalue weighted by Gasteiger charge is -2.08. The molecule has 0 bridgehead atoms. The van der Waals surface area contributed by atoms with Crippen molar-refractivity contribution in [3.05, 3.63) is 72.0 Å². The Kier molecular flexibility index (Phi) is 3.51. The first-order valence-corrected chi connectivity index (χ1v) is 8.97. The summed E-state index contributed by atoms with van der Waals surface area (Å²) < 4.78 is 49.1. The summed E-state index contributed by atoms with van der Waals surface area (Å²) in [6, 6.07) is 15.8. The van der Waals surface area contributed by atoms with E-state index in [4.69, 9.17) is 8.60 Å². The molecule has 0 aliphatic heterocycles. The third-order valence-electron chi connectivity index (χ3n) is 3.97. The number of hydrogen-bond acceptors (Lipinski definition) is 4. The van der Waals surface area contributed by atoms with Gasteiger partial charge in [0, 0.05) is 10.8 Å². The Morgan fingerprint density at radius 1 is 0.920 bits per heavy atom.